The summed E-state index contributed by atoms with van der Waals surface area (Å²) in [6.07, 6.45) is 4.71. The Morgan fingerprint density at radius 3 is 3.18 bits per heavy atom. The molecule has 1 saturated heterocycles. The molecule has 0 amide bonds. The Balaban J connectivity index is 1.66. The van der Waals surface area contributed by atoms with E-state index in [0.29, 0.717) is 6.04 Å². The Labute approximate surface area is 135 Å². The third-order valence-electron chi connectivity index (χ3n) is 4.05. The largest absolute Gasteiger partial charge is 0.394 e. The Hall–Kier alpha value is -1.66. The maximum atomic E-state index is 9.46. The van der Waals surface area contributed by atoms with Crippen LogP contribution in [0.1, 0.15) is 25.3 Å². The summed E-state index contributed by atoms with van der Waals surface area (Å²) < 4.78 is 0. The molecule has 118 valence electrons. The summed E-state index contributed by atoms with van der Waals surface area (Å²) in [4.78, 5) is 10.9. The van der Waals surface area contributed by atoms with E-state index in [0.717, 1.165) is 37.4 Å². The summed E-state index contributed by atoms with van der Waals surface area (Å²) in [6.45, 7) is 3.29. The minimum Gasteiger partial charge on any atom is -0.394 e. The molecule has 0 aromatic carbocycles. The minimum absolute atomic E-state index is 0.182. The van der Waals surface area contributed by atoms with Gasteiger partial charge in [0.1, 0.15) is 18.0 Å². The van der Waals surface area contributed by atoms with E-state index in [1.807, 2.05) is 6.07 Å². The highest BCUT2D eigenvalue weighted by molar-refractivity contribution is 7.07. The zero-order valence-electron chi connectivity index (χ0n) is 12.8. The predicted octanol–water partition coefficient (Wildman–Crippen LogP) is 2.54. The average Bonchev–Trinajstić information content (AvgIpc) is 3.18. The summed E-state index contributed by atoms with van der Waals surface area (Å²) in [5.41, 5.74) is 1.35. The van der Waals surface area contributed by atoms with Crippen LogP contribution in [0.2, 0.25) is 0 Å². The molecule has 1 aliphatic rings. The number of hydrogen-bond donors (Lipinski definition) is 2. The number of thiophene rings is 1. The van der Waals surface area contributed by atoms with Crippen molar-refractivity contribution in [1.29, 1.82) is 0 Å². The van der Waals surface area contributed by atoms with E-state index in [9.17, 15) is 5.11 Å². The summed E-state index contributed by atoms with van der Waals surface area (Å²) in [7, 11) is 0. The third kappa shape index (κ3) is 3.56. The molecule has 0 radical (unpaired) electrons. The van der Waals surface area contributed by atoms with E-state index in [-0.39, 0.29) is 12.6 Å². The van der Waals surface area contributed by atoms with Crippen LogP contribution in [0.5, 0.6) is 0 Å². The van der Waals surface area contributed by atoms with Crippen LogP contribution in [0.25, 0.3) is 0 Å². The topological polar surface area (TPSA) is 61.3 Å². The number of anilines is 2. The van der Waals surface area contributed by atoms with Crippen molar-refractivity contribution in [2.45, 2.75) is 38.3 Å². The van der Waals surface area contributed by atoms with Crippen molar-refractivity contribution in [2.24, 2.45) is 0 Å². The molecule has 1 fully saturated rings. The van der Waals surface area contributed by atoms with Gasteiger partial charge in [-0.15, -0.1) is 0 Å². The van der Waals surface area contributed by atoms with Gasteiger partial charge in [-0.1, -0.05) is 0 Å². The van der Waals surface area contributed by atoms with E-state index in [2.05, 4.69) is 43.9 Å². The first-order valence-electron chi connectivity index (χ1n) is 7.73. The Morgan fingerprint density at radius 2 is 2.41 bits per heavy atom. The van der Waals surface area contributed by atoms with Crippen LogP contribution in [-0.2, 0) is 6.42 Å². The van der Waals surface area contributed by atoms with Crippen LogP contribution in [0.3, 0.4) is 0 Å². The lowest BCUT2D eigenvalue weighted by atomic mass is 10.1. The minimum atomic E-state index is 0.182. The number of aliphatic hydroxyl groups excluding tert-OH is 1. The van der Waals surface area contributed by atoms with E-state index >= 15 is 0 Å². The molecule has 2 aromatic heterocycles. The number of hydrogen-bond acceptors (Lipinski definition) is 6. The molecule has 6 heteroatoms. The lowest BCUT2D eigenvalue weighted by molar-refractivity contribution is 0.266. The number of aromatic nitrogens is 2. The van der Waals surface area contributed by atoms with Crippen molar-refractivity contribution in [2.75, 3.05) is 23.4 Å². The highest BCUT2D eigenvalue weighted by Crippen LogP contribution is 2.24. The molecule has 0 spiro atoms. The first-order valence-corrected chi connectivity index (χ1v) is 8.67. The molecule has 2 N–H and O–H groups in total. The van der Waals surface area contributed by atoms with Gasteiger partial charge >= 0.3 is 0 Å². The fraction of sp³-hybridized carbons (Fsp3) is 0.500. The SMILES string of the molecule is CC(Cc1ccsc1)Nc1cc(N2CCCC2CO)ncn1. The van der Waals surface area contributed by atoms with E-state index in [1.54, 1.807) is 17.7 Å². The van der Waals surface area contributed by atoms with E-state index in [4.69, 9.17) is 0 Å². The zero-order valence-corrected chi connectivity index (χ0v) is 13.6. The molecular formula is C16H22N4OS. The van der Waals surface area contributed by atoms with Crippen LogP contribution in [0, 0.1) is 0 Å². The first kappa shape index (κ1) is 15.2. The standard InChI is InChI=1S/C16H22N4OS/c1-12(7-13-4-6-22-10-13)19-15-8-16(18-11-17-15)20-5-2-3-14(20)9-21/h4,6,8,10-12,14,21H,2-3,5,7,9H2,1H3,(H,17,18,19). The Morgan fingerprint density at radius 1 is 1.50 bits per heavy atom. The van der Waals surface area contributed by atoms with Crippen molar-refractivity contribution in [3.63, 3.8) is 0 Å². The lowest BCUT2D eigenvalue weighted by Crippen LogP contribution is -2.32. The molecular weight excluding hydrogens is 296 g/mol. The molecule has 3 rings (SSSR count). The van der Waals surface area contributed by atoms with Crippen LogP contribution in [-0.4, -0.2) is 40.3 Å². The second kappa shape index (κ2) is 7.07. The summed E-state index contributed by atoms with van der Waals surface area (Å²) in [5.74, 6) is 1.74. The monoisotopic (exact) mass is 318 g/mol. The van der Waals surface area contributed by atoms with Gasteiger partial charge in [0.2, 0.25) is 0 Å². The van der Waals surface area contributed by atoms with Gasteiger partial charge in [0.25, 0.3) is 0 Å². The van der Waals surface area contributed by atoms with Gasteiger partial charge in [0.05, 0.1) is 12.6 Å². The molecule has 2 unspecified atom stereocenters. The first-order chi connectivity index (χ1) is 10.8. The fourth-order valence-electron chi connectivity index (χ4n) is 2.98. The van der Waals surface area contributed by atoms with Crippen LogP contribution < -0.4 is 10.2 Å². The smallest absolute Gasteiger partial charge is 0.134 e. The number of nitrogens with zero attached hydrogens (tertiary/aromatic N) is 3. The maximum Gasteiger partial charge on any atom is 0.134 e. The highest BCUT2D eigenvalue weighted by atomic mass is 32.1. The predicted molar refractivity (Wildman–Crippen MR) is 90.6 cm³/mol. The van der Waals surface area contributed by atoms with Gasteiger partial charge in [-0.2, -0.15) is 11.3 Å². The van der Waals surface area contributed by atoms with Crippen LogP contribution >= 0.6 is 11.3 Å². The zero-order chi connectivity index (χ0) is 15.4. The molecule has 0 aliphatic carbocycles. The van der Waals surface area contributed by atoms with Crippen LogP contribution in [0.15, 0.2) is 29.2 Å². The van der Waals surface area contributed by atoms with Gasteiger partial charge in [0, 0.05) is 18.7 Å². The molecule has 2 aromatic rings. The fourth-order valence-corrected chi connectivity index (χ4v) is 3.66. The van der Waals surface area contributed by atoms with Gasteiger partial charge in [-0.25, -0.2) is 9.97 Å². The Kier molecular flexibility index (Phi) is 4.90. The van der Waals surface area contributed by atoms with E-state index < -0.39 is 0 Å². The van der Waals surface area contributed by atoms with E-state index in [1.165, 1.54) is 5.56 Å². The molecule has 2 atom stereocenters. The van der Waals surface area contributed by atoms with Crippen molar-refractivity contribution in [3.05, 3.63) is 34.8 Å². The van der Waals surface area contributed by atoms with Gasteiger partial charge in [0.15, 0.2) is 0 Å². The molecule has 3 heterocycles. The molecule has 0 saturated carbocycles. The summed E-state index contributed by atoms with van der Waals surface area (Å²) in [6, 6.07) is 4.64. The second-order valence-electron chi connectivity index (χ2n) is 5.81. The summed E-state index contributed by atoms with van der Waals surface area (Å²) >= 11 is 1.73. The number of nitrogens with one attached hydrogen (secondary N) is 1. The highest BCUT2D eigenvalue weighted by Gasteiger charge is 2.25. The Bertz CT molecular complexity index is 590. The molecule has 22 heavy (non-hydrogen) atoms. The number of aliphatic hydroxyl groups is 1. The van der Waals surface area contributed by atoms with Gasteiger partial charge < -0.3 is 15.3 Å². The number of rotatable bonds is 6. The normalized spacial score (nSPS) is 19.4. The van der Waals surface area contributed by atoms with Crippen molar-refractivity contribution < 1.29 is 5.11 Å². The molecule has 5 nitrogen and oxygen atoms in total. The second-order valence-corrected chi connectivity index (χ2v) is 6.59. The quantitative estimate of drug-likeness (QED) is 0.857. The lowest BCUT2D eigenvalue weighted by Gasteiger charge is -2.24. The average molecular weight is 318 g/mol. The van der Waals surface area contributed by atoms with Crippen molar-refractivity contribution in [3.8, 4) is 0 Å². The van der Waals surface area contributed by atoms with Gasteiger partial charge in [-0.05, 0) is 48.6 Å². The summed E-state index contributed by atoms with van der Waals surface area (Å²) in [5, 5.41) is 17.2. The van der Waals surface area contributed by atoms with Crippen LogP contribution in [0.4, 0.5) is 11.6 Å². The molecule has 0 bridgehead atoms. The van der Waals surface area contributed by atoms with Crippen molar-refractivity contribution >= 4 is 23.0 Å². The van der Waals surface area contributed by atoms with Crippen molar-refractivity contribution in [1.82, 2.24) is 9.97 Å². The van der Waals surface area contributed by atoms with Gasteiger partial charge in [-0.3, -0.25) is 0 Å². The molecule has 1 aliphatic heterocycles. The maximum absolute atomic E-state index is 9.46. The third-order valence-corrected chi connectivity index (χ3v) is 4.78.